The second-order valence-corrected chi connectivity index (χ2v) is 8.13. The largest absolute Gasteiger partial charge is 0.481 e. The summed E-state index contributed by atoms with van der Waals surface area (Å²) in [4.78, 5) is 28.7. The van der Waals surface area contributed by atoms with Crippen LogP contribution >= 0.6 is 0 Å². The quantitative estimate of drug-likeness (QED) is 0.558. The number of hydrogen-bond donors (Lipinski definition) is 3. The van der Waals surface area contributed by atoms with E-state index in [4.69, 9.17) is 9.72 Å². The molecule has 1 amide bonds. The maximum atomic E-state index is 12.6. The van der Waals surface area contributed by atoms with Gasteiger partial charge in [-0.05, 0) is 26.2 Å². The zero-order chi connectivity index (χ0) is 22.5. The third-order valence-electron chi connectivity index (χ3n) is 6.17. The van der Waals surface area contributed by atoms with Crippen LogP contribution in [0.25, 0.3) is 11.0 Å². The van der Waals surface area contributed by atoms with Gasteiger partial charge in [-0.1, -0.05) is 20.8 Å². The Morgan fingerprint density at radius 3 is 2.58 bits per heavy atom. The molecule has 0 aliphatic carbocycles. The molecule has 0 saturated carbocycles. The number of amides is 1. The zero-order valence-corrected chi connectivity index (χ0v) is 18.8. The molecule has 9 nitrogen and oxygen atoms in total. The number of carboxylic acid groups (broad SMARTS) is 1. The first kappa shape index (κ1) is 23.0. The number of aliphatic carboxylic acids is 1. The first-order chi connectivity index (χ1) is 14.9. The number of nitrogens with zero attached hydrogens (tertiary/aromatic N) is 3. The summed E-state index contributed by atoms with van der Waals surface area (Å²) >= 11 is 0. The molecule has 2 aromatic rings. The van der Waals surface area contributed by atoms with E-state index in [2.05, 4.69) is 15.7 Å². The number of rotatable bonds is 9. The summed E-state index contributed by atoms with van der Waals surface area (Å²) in [6.45, 7) is 9.71. The van der Waals surface area contributed by atoms with E-state index in [9.17, 15) is 14.7 Å². The number of carbonyl (C=O) groups is 2. The van der Waals surface area contributed by atoms with Gasteiger partial charge in [-0.25, -0.2) is 9.67 Å². The van der Waals surface area contributed by atoms with Gasteiger partial charge in [-0.15, -0.1) is 0 Å². The number of carbonyl (C=O) groups excluding carboxylic acids is 1. The zero-order valence-electron chi connectivity index (χ0n) is 18.8. The molecule has 3 heterocycles. The van der Waals surface area contributed by atoms with Crippen LogP contribution in [0.15, 0.2) is 6.20 Å². The highest BCUT2D eigenvalue weighted by molar-refractivity contribution is 5.92. The number of hydrogen-bond acceptors (Lipinski definition) is 6. The van der Waals surface area contributed by atoms with E-state index >= 15 is 0 Å². The Morgan fingerprint density at radius 1 is 1.26 bits per heavy atom. The van der Waals surface area contributed by atoms with E-state index in [-0.39, 0.29) is 18.5 Å². The minimum absolute atomic E-state index is 0.273. The van der Waals surface area contributed by atoms with Crippen LogP contribution in [-0.4, -0.2) is 51.0 Å². The number of aromatic nitrogens is 3. The van der Waals surface area contributed by atoms with Gasteiger partial charge in [0.1, 0.15) is 0 Å². The molecule has 2 aromatic heterocycles. The van der Waals surface area contributed by atoms with E-state index in [1.807, 2.05) is 24.7 Å². The van der Waals surface area contributed by atoms with Crippen molar-refractivity contribution in [1.29, 1.82) is 0 Å². The van der Waals surface area contributed by atoms with Crippen LogP contribution in [-0.2, 0) is 33.8 Å². The maximum absolute atomic E-state index is 12.6. The summed E-state index contributed by atoms with van der Waals surface area (Å²) in [6.07, 6.45) is 4.35. The van der Waals surface area contributed by atoms with Crippen molar-refractivity contribution in [2.75, 3.05) is 18.5 Å². The lowest BCUT2D eigenvalue weighted by Crippen LogP contribution is -2.35. The third-order valence-corrected chi connectivity index (χ3v) is 6.17. The maximum Gasteiger partial charge on any atom is 0.307 e. The predicted octanol–water partition coefficient (Wildman–Crippen LogP) is 2.58. The Kier molecular flexibility index (Phi) is 7.48. The molecule has 0 bridgehead atoms. The smallest absolute Gasteiger partial charge is 0.307 e. The van der Waals surface area contributed by atoms with Crippen molar-refractivity contribution >= 4 is 28.6 Å². The SMILES string of the molecule is CCc1nc2c(cnn2CC)c(NC2CCOCC2)c1CNC(=O)C(C)C(C)C(=O)O. The number of pyridine rings is 1. The average molecular weight is 432 g/mol. The number of fused-ring (bicyclic) bond motifs is 1. The van der Waals surface area contributed by atoms with Crippen LogP contribution in [0.3, 0.4) is 0 Å². The second-order valence-electron chi connectivity index (χ2n) is 8.13. The number of carboxylic acids is 1. The molecule has 9 heteroatoms. The minimum Gasteiger partial charge on any atom is -0.481 e. The number of aryl methyl sites for hydroxylation is 2. The lowest BCUT2D eigenvalue weighted by atomic mass is 9.95. The molecule has 1 saturated heterocycles. The van der Waals surface area contributed by atoms with E-state index in [0.29, 0.717) is 6.42 Å². The van der Waals surface area contributed by atoms with E-state index in [1.54, 1.807) is 13.8 Å². The van der Waals surface area contributed by atoms with Crippen LogP contribution in [0.5, 0.6) is 0 Å². The molecule has 3 N–H and O–H groups in total. The minimum atomic E-state index is -0.978. The molecule has 1 aliphatic rings. The van der Waals surface area contributed by atoms with Gasteiger partial charge in [-0.3, -0.25) is 9.59 Å². The molecular formula is C22H33N5O4. The topological polar surface area (TPSA) is 118 Å². The third kappa shape index (κ3) is 4.98. The van der Waals surface area contributed by atoms with Crippen molar-refractivity contribution in [3.05, 3.63) is 17.5 Å². The lowest BCUT2D eigenvalue weighted by molar-refractivity contribution is -0.146. The van der Waals surface area contributed by atoms with Crippen LogP contribution in [0.1, 0.15) is 51.8 Å². The predicted molar refractivity (Wildman–Crippen MR) is 118 cm³/mol. The molecule has 31 heavy (non-hydrogen) atoms. The molecule has 3 rings (SSSR count). The number of ether oxygens (including phenoxy) is 1. The van der Waals surface area contributed by atoms with Crippen molar-refractivity contribution in [2.24, 2.45) is 11.8 Å². The first-order valence-electron chi connectivity index (χ1n) is 11.1. The summed E-state index contributed by atoms with van der Waals surface area (Å²) in [5, 5.41) is 21.3. The Labute approximate surface area is 182 Å². The number of anilines is 1. The monoisotopic (exact) mass is 431 g/mol. The van der Waals surface area contributed by atoms with Crippen molar-refractivity contribution in [1.82, 2.24) is 20.1 Å². The fourth-order valence-corrected chi connectivity index (χ4v) is 3.88. The van der Waals surface area contributed by atoms with Crippen LogP contribution in [0, 0.1) is 11.8 Å². The Hall–Kier alpha value is -2.68. The van der Waals surface area contributed by atoms with Gasteiger partial charge in [0.2, 0.25) is 5.91 Å². The van der Waals surface area contributed by atoms with Crippen molar-refractivity contribution in [3.8, 4) is 0 Å². The van der Waals surface area contributed by atoms with Crippen molar-refractivity contribution < 1.29 is 19.4 Å². The highest BCUT2D eigenvalue weighted by Gasteiger charge is 2.27. The van der Waals surface area contributed by atoms with Crippen molar-refractivity contribution in [3.63, 3.8) is 0 Å². The summed E-state index contributed by atoms with van der Waals surface area (Å²) in [5.74, 6) is -2.64. The summed E-state index contributed by atoms with van der Waals surface area (Å²) < 4.78 is 7.37. The standard InChI is InChI=1S/C22H33N5O4/c1-5-18-16(11-23-21(28)13(3)14(4)22(29)30)19(25-15-7-9-31-10-8-15)17-12-24-27(6-2)20(17)26-18/h12-15H,5-11H2,1-4H3,(H,23,28)(H,25,26)(H,29,30). The van der Waals surface area contributed by atoms with E-state index in [0.717, 1.165) is 60.6 Å². The fraction of sp³-hybridized carbons (Fsp3) is 0.636. The molecule has 1 fully saturated rings. The molecule has 2 unspecified atom stereocenters. The van der Waals surface area contributed by atoms with Gasteiger partial charge in [0.05, 0.1) is 23.2 Å². The highest BCUT2D eigenvalue weighted by atomic mass is 16.5. The lowest BCUT2D eigenvalue weighted by Gasteiger charge is -2.27. The molecule has 0 aromatic carbocycles. The summed E-state index contributed by atoms with van der Waals surface area (Å²) in [5.41, 5.74) is 3.61. The highest BCUT2D eigenvalue weighted by Crippen LogP contribution is 2.31. The molecule has 0 radical (unpaired) electrons. The molecule has 0 spiro atoms. The molecule has 2 atom stereocenters. The van der Waals surface area contributed by atoms with E-state index in [1.165, 1.54) is 0 Å². The summed E-state index contributed by atoms with van der Waals surface area (Å²) in [7, 11) is 0. The Balaban J connectivity index is 1.95. The van der Waals surface area contributed by atoms with Crippen LogP contribution in [0.2, 0.25) is 0 Å². The van der Waals surface area contributed by atoms with Gasteiger partial charge in [0.15, 0.2) is 5.65 Å². The van der Waals surface area contributed by atoms with Gasteiger partial charge >= 0.3 is 5.97 Å². The van der Waals surface area contributed by atoms with Gasteiger partial charge < -0.3 is 20.5 Å². The van der Waals surface area contributed by atoms with Gasteiger partial charge in [0, 0.05) is 49.5 Å². The average Bonchev–Trinajstić information content (AvgIpc) is 3.20. The molecular weight excluding hydrogens is 398 g/mol. The number of nitrogens with one attached hydrogen (secondary N) is 2. The summed E-state index contributed by atoms with van der Waals surface area (Å²) in [6, 6.07) is 0.273. The normalized spacial score (nSPS) is 16.8. The van der Waals surface area contributed by atoms with Crippen molar-refractivity contribution in [2.45, 2.75) is 66.1 Å². The van der Waals surface area contributed by atoms with Gasteiger partial charge in [0.25, 0.3) is 0 Å². The van der Waals surface area contributed by atoms with Crippen LogP contribution in [0.4, 0.5) is 5.69 Å². The molecule has 1 aliphatic heterocycles. The van der Waals surface area contributed by atoms with E-state index < -0.39 is 17.8 Å². The van der Waals surface area contributed by atoms with Crippen LogP contribution < -0.4 is 10.6 Å². The molecule has 170 valence electrons. The fourth-order valence-electron chi connectivity index (χ4n) is 3.88. The Morgan fingerprint density at radius 2 is 1.97 bits per heavy atom. The first-order valence-corrected chi connectivity index (χ1v) is 11.1. The second kappa shape index (κ2) is 10.1. The van der Waals surface area contributed by atoms with Gasteiger partial charge in [-0.2, -0.15) is 5.10 Å². The Bertz CT molecular complexity index is 936.